The van der Waals surface area contributed by atoms with E-state index in [0.717, 1.165) is 0 Å². The highest BCUT2D eigenvalue weighted by Crippen LogP contribution is 2.07. The third-order valence-corrected chi connectivity index (χ3v) is 5.77. The van der Waals surface area contributed by atoms with Crippen LogP contribution in [0.5, 0.6) is 0 Å². The van der Waals surface area contributed by atoms with Crippen LogP contribution in [-0.2, 0) is 28.8 Å². The van der Waals surface area contributed by atoms with E-state index in [1.54, 1.807) is 12.5 Å². The maximum Gasteiger partial charge on any atom is 0.326 e. The Bertz CT molecular complexity index is 739. The summed E-state index contributed by atoms with van der Waals surface area (Å²) in [5.74, 6) is -5.47. The van der Waals surface area contributed by atoms with Crippen LogP contribution in [0.25, 0.3) is 0 Å². The summed E-state index contributed by atoms with van der Waals surface area (Å²) in [6.45, 7) is 0. The molecule has 0 radical (unpaired) electrons. The minimum absolute atomic E-state index is 0.124. The number of nitrogens with two attached hydrogens (primary N) is 1. The average Bonchev–Trinajstić information content (AvgIpc) is 2.76. The van der Waals surface area contributed by atoms with E-state index in [0.29, 0.717) is 11.5 Å². The molecule has 0 aromatic rings. The molecule has 0 aliphatic heterocycles. The second-order valence-electron chi connectivity index (χ2n) is 7.22. The van der Waals surface area contributed by atoms with Gasteiger partial charge in [-0.2, -0.15) is 23.5 Å². The van der Waals surface area contributed by atoms with Crippen molar-refractivity contribution in [3.8, 4) is 0 Å². The van der Waals surface area contributed by atoms with Crippen molar-refractivity contribution >= 4 is 59.2 Å². The standard InChI is InChI=1S/C19H32N4O9S2/c1-33-7-5-11(21-16(28)10(20)3-4-14(24)25)17(29)22-12(6-8-34-2)18(30)23-13(19(31)32)9-15(26)27/h10-13H,3-9,20H2,1-2H3,(H,21,28)(H,22,29)(H,23,30)(H,24,25)(H,26,27)(H,31,32). The van der Waals surface area contributed by atoms with Crippen molar-refractivity contribution < 1.29 is 44.1 Å². The second-order valence-corrected chi connectivity index (χ2v) is 9.19. The Morgan fingerprint density at radius 3 is 1.53 bits per heavy atom. The second kappa shape index (κ2) is 17.0. The summed E-state index contributed by atoms with van der Waals surface area (Å²) in [5.41, 5.74) is 5.70. The molecule has 3 amide bonds. The SMILES string of the molecule is CSCCC(NC(=O)C(N)CCC(=O)O)C(=O)NC(CCSC)C(=O)NC(CC(=O)O)C(=O)O. The molecule has 13 nitrogen and oxygen atoms in total. The van der Waals surface area contributed by atoms with Gasteiger partial charge in [-0.15, -0.1) is 0 Å². The van der Waals surface area contributed by atoms with Gasteiger partial charge in [0.1, 0.15) is 18.1 Å². The molecule has 4 unspecified atom stereocenters. The zero-order chi connectivity index (χ0) is 26.3. The topological polar surface area (TPSA) is 225 Å². The fourth-order valence-corrected chi connectivity index (χ4v) is 3.56. The van der Waals surface area contributed by atoms with Crippen LogP contribution in [0.2, 0.25) is 0 Å². The maximum absolute atomic E-state index is 12.9. The first-order valence-corrected chi connectivity index (χ1v) is 13.0. The summed E-state index contributed by atoms with van der Waals surface area (Å²) in [5, 5.41) is 33.8. The minimum atomic E-state index is -1.68. The predicted molar refractivity (Wildman–Crippen MR) is 127 cm³/mol. The molecule has 0 aliphatic carbocycles. The molecule has 194 valence electrons. The van der Waals surface area contributed by atoms with Gasteiger partial charge in [0.05, 0.1) is 12.5 Å². The maximum atomic E-state index is 12.9. The van der Waals surface area contributed by atoms with E-state index in [2.05, 4.69) is 16.0 Å². The Morgan fingerprint density at radius 2 is 1.15 bits per heavy atom. The molecule has 0 aliphatic rings. The smallest absolute Gasteiger partial charge is 0.326 e. The molecular formula is C19H32N4O9S2. The molecule has 4 atom stereocenters. The van der Waals surface area contributed by atoms with Crippen molar-refractivity contribution in [3.63, 3.8) is 0 Å². The molecular weight excluding hydrogens is 492 g/mol. The number of carbonyl (C=O) groups excluding carboxylic acids is 3. The quantitative estimate of drug-likeness (QED) is 0.111. The number of aliphatic carboxylic acids is 3. The molecule has 0 rings (SSSR count). The van der Waals surface area contributed by atoms with E-state index in [1.165, 1.54) is 23.5 Å². The number of hydrogen-bond donors (Lipinski definition) is 7. The van der Waals surface area contributed by atoms with Gasteiger partial charge in [0, 0.05) is 6.42 Å². The highest BCUT2D eigenvalue weighted by atomic mass is 32.2. The van der Waals surface area contributed by atoms with Gasteiger partial charge < -0.3 is 37.0 Å². The molecule has 0 heterocycles. The molecule has 0 spiro atoms. The third-order valence-electron chi connectivity index (χ3n) is 4.49. The number of hydrogen-bond acceptors (Lipinski definition) is 9. The zero-order valence-electron chi connectivity index (χ0n) is 18.9. The Labute approximate surface area is 205 Å². The van der Waals surface area contributed by atoms with Crippen molar-refractivity contribution in [1.29, 1.82) is 0 Å². The van der Waals surface area contributed by atoms with Crippen molar-refractivity contribution in [1.82, 2.24) is 16.0 Å². The molecule has 0 aromatic heterocycles. The Kier molecular flexibility index (Phi) is 15.7. The largest absolute Gasteiger partial charge is 0.481 e. The van der Waals surface area contributed by atoms with Crippen LogP contribution in [0.1, 0.15) is 32.1 Å². The molecule has 0 bridgehead atoms. The Morgan fingerprint density at radius 1 is 0.706 bits per heavy atom. The number of thioether (sulfide) groups is 2. The van der Waals surface area contributed by atoms with Crippen LogP contribution in [0, 0.1) is 0 Å². The van der Waals surface area contributed by atoms with Crippen molar-refractivity contribution in [3.05, 3.63) is 0 Å². The number of amides is 3. The summed E-state index contributed by atoms with van der Waals surface area (Å²) in [7, 11) is 0. The fourth-order valence-electron chi connectivity index (χ4n) is 2.62. The lowest BCUT2D eigenvalue weighted by molar-refractivity contribution is -0.147. The van der Waals surface area contributed by atoms with Gasteiger partial charge in [0.15, 0.2) is 0 Å². The van der Waals surface area contributed by atoms with Gasteiger partial charge >= 0.3 is 17.9 Å². The summed E-state index contributed by atoms with van der Waals surface area (Å²) >= 11 is 2.79. The van der Waals surface area contributed by atoms with Crippen molar-refractivity contribution in [2.45, 2.75) is 56.3 Å². The number of nitrogens with one attached hydrogen (secondary N) is 3. The molecule has 15 heteroatoms. The van der Waals surface area contributed by atoms with Crippen molar-refractivity contribution in [2.24, 2.45) is 5.73 Å². The molecule has 34 heavy (non-hydrogen) atoms. The van der Waals surface area contributed by atoms with Gasteiger partial charge in [-0.05, 0) is 43.3 Å². The third kappa shape index (κ3) is 13.3. The van der Waals surface area contributed by atoms with E-state index in [1.807, 2.05) is 0 Å². The first kappa shape index (κ1) is 31.5. The fraction of sp³-hybridized carbons (Fsp3) is 0.684. The Hall–Kier alpha value is -2.52. The normalized spacial score (nSPS) is 14.2. The van der Waals surface area contributed by atoms with E-state index in [-0.39, 0.29) is 25.7 Å². The van der Waals surface area contributed by atoms with Crippen LogP contribution < -0.4 is 21.7 Å². The zero-order valence-corrected chi connectivity index (χ0v) is 20.6. The first-order valence-electron chi connectivity index (χ1n) is 10.2. The van der Waals surface area contributed by atoms with Crippen LogP contribution >= 0.6 is 23.5 Å². The first-order chi connectivity index (χ1) is 15.9. The minimum Gasteiger partial charge on any atom is -0.481 e. The number of rotatable bonds is 18. The molecule has 0 saturated heterocycles. The highest BCUT2D eigenvalue weighted by molar-refractivity contribution is 7.98. The van der Waals surface area contributed by atoms with E-state index < -0.39 is 66.2 Å². The lowest BCUT2D eigenvalue weighted by Gasteiger charge is -2.25. The lowest BCUT2D eigenvalue weighted by atomic mass is 10.1. The summed E-state index contributed by atoms with van der Waals surface area (Å²) in [6, 6.07) is -5.08. The van der Waals surface area contributed by atoms with Crippen molar-refractivity contribution in [2.75, 3.05) is 24.0 Å². The molecule has 0 aromatic carbocycles. The predicted octanol–water partition coefficient (Wildman–Crippen LogP) is -1.30. The average molecular weight is 525 g/mol. The summed E-state index contributed by atoms with van der Waals surface area (Å²) in [6.07, 6.45) is 2.58. The van der Waals surface area contributed by atoms with Gasteiger partial charge in [0.25, 0.3) is 0 Å². The lowest BCUT2D eigenvalue weighted by Crippen LogP contribution is -2.57. The van der Waals surface area contributed by atoms with Crippen LogP contribution in [0.4, 0.5) is 0 Å². The van der Waals surface area contributed by atoms with Gasteiger partial charge in [-0.25, -0.2) is 4.79 Å². The Balaban J connectivity index is 5.41. The summed E-state index contributed by atoms with van der Waals surface area (Å²) in [4.78, 5) is 70.7. The monoisotopic (exact) mass is 524 g/mol. The molecule has 0 fully saturated rings. The van der Waals surface area contributed by atoms with E-state index in [9.17, 15) is 28.8 Å². The van der Waals surface area contributed by atoms with Crippen LogP contribution in [0.3, 0.4) is 0 Å². The van der Waals surface area contributed by atoms with Crippen LogP contribution in [0.15, 0.2) is 0 Å². The number of carboxylic acids is 3. The molecule has 0 saturated carbocycles. The van der Waals surface area contributed by atoms with E-state index >= 15 is 0 Å². The van der Waals surface area contributed by atoms with Gasteiger partial charge in [0.2, 0.25) is 17.7 Å². The van der Waals surface area contributed by atoms with Crippen LogP contribution in [-0.4, -0.2) is 99.1 Å². The highest BCUT2D eigenvalue weighted by Gasteiger charge is 2.30. The number of carboxylic acid groups (broad SMARTS) is 3. The van der Waals surface area contributed by atoms with Gasteiger partial charge in [-0.1, -0.05) is 0 Å². The van der Waals surface area contributed by atoms with Gasteiger partial charge in [-0.3, -0.25) is 24.0 Å². The molecule has 8 N–H and O–H groups in total. The summed E-state index contributed by atoms with van der Waals surface area (Å²) < 4.78 is 0. The van der Waals surface area contributed by atoms with E-state index in [4.69, 9.17) is 21.1 Å². The number of carbonyl (C=O) groups is 6.